The molecule has 0 bridgehead atoms. The van der Waals surface area contributed by atoms with E-state index in [2.05, 4.69) is 31.3 Å². The fourth-order valence-corrected chi connectivity index (χ4v) is 2.26. The predicted octanol–water partition coefficient (Wildman–Crippen LogP) is 3.08. The van der Waals surface area contributed by atoms with E-state index in [1.165, 1.54) is 18.4 Å². The Morgan fingerprint density at radius 2 is 2.00 bits per heavy atom. The van der Waals surface area contributed by atoms with Crippen molar-refractivity contribution in [2.75, 3.05) is 13.2 Å². The molecular weight excluding hydrogens is 250 g/mol. The highest BCUT2D eigenvalue weighted by Crippen LogP contribution is 2.22. The molecule has 1 aliphatic carbocycles. The van der Waals surface area contributed by atoms with Crippen molar-refractivity contribution in [3.63, 3.8) is 0 Å². The molecule has 1 aliphatic rings. The molecule has 0 heterocycles. The zero-order valence-electron chi connectivity index (χ0n) is 12.6. The Morgan fingerprint density at radius 1 is 1.30 bits per heavy atom. The monoisotopic (exact) mass is 277 g/mol. The third-order valence-corrected chi connectivity index (χ3v) is 4.07. The highest BCUT2D eigenvalue weighted by Gasteiger charge is 2.23. The first-order valence-electron chi connectivity index (χ1n) is 7.82. The summed E-state index contributed by atoms with van der Waals surface area (Å²) in [6, 6.07) is 9.18. The topological polar surface area (TPSA) is 41.5 Å². The zero-order chi connectivity index (χ0) is 14.4. The van der Waals surface area contributed by atoms with Crippen LogP contribution < -0.4 is 10.1 Å². The van der Waals surface area contributed by atoms with Crippen LogP contribution in [0, 0.1) is 0 Å². The maximum absolute atomic E-state index is 9.31. The Hall–Kier alpha value is -1.06. The first kappa shape index (κ1) is 15.3. The summed E-state index contributed by atoms with van der Waals surface area (Å²) in [5.41, 5.74) is 1.36. The smallest absolute Gasteiger partial charge is 0.119 e. The van der Waals surface area contributed by atoms with E-state index in [1.807, 2.05) is 12.1 Å². The van der Waals surface area contributed by atoms with Crippen molar-refractivity contribution in [1.29, 1.82) is 0 Å². The van der Waals surface area contributed by atoms with Gasteiger partial charge in [-0.15, -0.1) is 0 Å². The first-order valence-corrected chi connectivity index (χ1v) is 7.82. The van der Waals surface area contributed by atoms with Crippen molar-refractivity contribution in [2.24, 2.45) is 0 Å². The Morgan fingerprint density at radius 3 is 2.55 bits per heavy atom. The number of ether oxygens (including phenoxy) is 1. The molecule has 1 aromatic carbocycles. The molecular formula is C17H27NO2. The summed E-state index contributed by atoms with van der Waals surface area (Å²) in [5, 5.41) is 12.7. The molecule has 1 saturated carbocycles. The predicted molar refractivity (Wildman–Crippen MR) is 82.3 cm³/mol. The highest BCUT2D eigenvalue weighted by atomic mass is 16.5. The quantitative estimate of drug-likeness (QED) is 0.729. The van der Waals surface area contributed by atoms with Gasteiger partial charge in [0, 0.05) is 12.1 Å². The summed E-state index contributed by atoms with van der Waals surface area (Å²) >= 11 is 0. The van der Waals surface area contributed by atoms with Gasteiger partial charge in [-0.3, -0.25) is 0 Å². The van der Waals surface area contributed by atoms with Gasteiger partial charge in [0.2, 0.25) is 0 Å². The van der Waals surface area contributed by atoms with Crippen LogP contribution in [0.3, 0.4) is 0 Å². The van der Waals surface area contributed by atoms with E-state index in [0.717, 1.165) is 18.6 Å². The van der Waals surface area contributed by atoms with Gasteiger partial charge in [0.15, 0.2) is 0 Å². The van der Waals surface area contributed by atoms with Crippen LogP contribution >= 0.6 is 0 Å². The van der Waals surface area contributed by atoms with Gasteiger partial charge in [0.25, 0.3) is 0 Å². The number of hydrogen-bond donors (Lipinski definition) is 2. The Balaban J connectivity index is 1.72. The van der Waals surface area contributed by atoms with Gasteiger partial charge in [-0.2, -0.15) is 0 Å². The number of aliphatic hydroxyl groups excluding tert-OH is 1. The summed E-state index contributed by atoms with van der Waals surface area (Å²) in [4.78, 5) is 0. The van der Waals surface area contributed by atoms with Crippen molar-refractivity contribution in [3.8, 4) is 5.75 Å². The van der Waals surface area contributed by atoms with Crippen molar-refractivity contribution in [3.05, 3.63) is 29.8 Å². The lowest BCUT2D eigenvalue weighted by atomic mass is 9.99. The normalized spacial score (nSPS) is 17.8. The van der Waals surface area contributed by atoms with Gasteiger partial charge in [-0.25, -0.2) is 0 Å². The molecule has 0 spiro atoms. The number of hydrogen-bond acceptors (Lipinski definition) is 3. The van der Waals surface area contributed by atoms with Crippen LogP contribution in [0.15, 0.2) is 24.3 Å². The molecule has 20 heavy (non-hydrogen) atoms. The molecule has 0 radical (unpaired) electrons. The van der Waals surface area contributed by atoms with E-state index in [4.69, 9.17) is 4.74 Å². The largest absolute Gasteiger partial charge is 0.494 e. The highest BCUT2D eigenvalue weighted by molar-refractivity contribution is 5.29. The molecule has 2 atom stereocenters. The molecule has 2 unspecified atom stereocenters. The van der Waals surface area contributed by atoms with Gasteiger partial charge < -0.3 is 15.2 Å². The van der Waals surface area contributed by atoms with E-state index >= 15 is 0 Å². The SMILES string of the molecule is CCC(C)c1ccc(OCCC(CO)NC2CC2)cc1. The summed E-state index contributed by atoms with van der Waals surface area (Å²) in [6.07, 6.45) is 4.49. The van der Waals surface area contributed by atoms with Crippen molar-refractivity contribution in [2.45, 2.75) is 57.5 Å². The fourth-order valence-electron chi connectivity index (χ4n) is 2.26. The van der Waals surface area contributed by atoms with Gasteiger partial charge >= 0.3 is 0 Å². The van der Waals surface area contributed by atoms with Crippen LogP contribution in [-0.2, 0) is 0 Å². The molecule has 3 nitrogen and oxygen atoms in total. The van der Waals surface area contributed by atoms with Crippen molar-refractivity contribution in [1.82, 2.24) is 5.32 Å². The third kappa shape index (κ3) is 4.80. The van der Waals surface area contributed by atoms with Gasteiger partial charge in [0.05, 0.1) is 13.2 Å². The molecule has 1 fully saturated rings. The van der Waals surface area contributed by atoms with Crippen LogP contribution in [0.5, 0.6) is 5.75 Å². The second-order valence-corrected chi connectivity index (χ2v) is 5.84. The number of aliphatic hydroxyl groups is 1. The van der Waals surface area contributed by atoms with E-state index < -0.39 is 0 Å². The second-order valence-electron chi connectivity index (χ2n) is 5.84. The number of nitrogens with one attached hydrogen (secondary N) is 1. The summed E-state index contributed by atoms with van der Waals surface area (Å²) in [5.74, 6) is 1.52. The lowest BCUT2D eigenvalue weighted by molar-refractivity contribution is 0.207. The van der Waals surface area contributed by atoms with Crippen molar-refractivity contribution >= 4 is 0 Å². The lowest BCUT2D eigenvalue weighted by Gasteiger charge is -2.16. The van der Waals surface area contributed by atoms with Crippen LogP contribution in [0.25, 0.3) is 0 Å². The number of rotatable bonds is 9. The minimum atomic E-state index is 0.168. The van der Waals surface area contributed by atoms with E-state index in [-0.39, 0.29) is 12.6 Å². The second kappa shape index (κ2) is 7.65. The molecule has 2 rings (SSSR count). The lowest BCUT2D eigenvalue weighted by Crippen LogP contribution is -2.35. The molecule has 0 aliphatic heterocycles. The van der Waals surface area contributed by atoms with E-state index in [1.54, 1.807) is 0 Å². The van der Waals surface area contributed by atoms with Crippen LogP contribution in [0.4, 0.5) is 0 Å². The average Bonchev–Trinajstić information content (AvgIpc) is 3.30. The molecule has 1 aromatic rings. The minimum Gasteiger partial charge on any atom is -0.494 e. The summed E-state index contributed by atoms with van der Waals surface area (Å²) in [7, 11) is 0. The molecule has 0 saturated heterocycles. The Bertz CT molecular complexity index is 386. The van der Waals surface area contributed by atoms with Crippen LogP contribution in [-0.4, -0.2) is 30.4 Å². The average molecular weight is 277 g/mol. The van der Waals surface area contributed by atoms with E-state index in [9.17, 15) is 5.11 Å². The standard InChI is InChI=1S/C17H27NO2/c1-3-13(2)14-4-8-17(9-5-14)20-11-10-16(12-19)18-15-6-7-15/h4-5,8-9,13,15-16,18-19H,3,6-7,10-12H2,1-2H3. The van der Waals surface area contributed by atoms with Crippen LogP contribution in [0.2, 0.25) is 0 Å². The molecule has 2 N–H and O–H groups in total. The molecule has 3 heteroatoms. The fraction of sp³-hybridized carbons (Fsp3) is 0.647. The number of benzene rings is 1. The van der Waals surface area contributed by atoms with Gasteiger partial charge in [-0.05, 0) is 49.3 Å². The molecule has 0 aromatic heterocycles. The van der Waals surface area contributed by atoms with Gasteiger partial charge in [-0.1, -0.05) is 26.0 Å². The minimum absolute atomic E-state index is 0.168. The molecule has 112 valence electrons. The van der Waals surface area contributed by atoms with Crippen LogP contribution in [0.1, 0.15) is 51.0 Å². The maximum atomic E-state index is 9.31. The molecule has 0 amide bonds. The van der Waals surface area contributed by atoms with Gasteiger partial charge in [0.1, 0.15) is 5.75 Å². The van der Waals surface area contributed by atoms with Crippen molar-refractivity contribution < 1.29 is 9.84 Å². The zero-order valence-corrected chi connectivity index (χ0v) is 12.6. The Kier molecular flexibility index (Phi) is 5.86. The van der Waals surface area contributed by atoms with E-state index in [0.29, 0.717) is 18.6 Å². The maximum Gasteiger partial charge on any atom is 0.119 e. The summed E-state index contributed by atoms with van der Waals surface area (Å²) in [6.45, 7) is 5.28. The first-order chi connectivity index (χ1) is 9.72. The third-order valence-electron chi connectivity index (χ3n) is 4.07. The summed E-state index contributed by atoms with van der Waals surface area (Å²) < 4.78 is 5.76. The Labute approximate surface area is 122 Å².